The van der Waals surface area contributed by atoms with Gasteiger partial charge in [-0.05, 0) is 42.8 Å². The lowest BCUT2D eigenvalue weighted by Crippen LogP contribution is -2.38. The fraction of sp³-hybridized carbons (Fsp3) is 0.353. The number of pyridine rings is 1. The molecule has 2 aromatic rings. The summed E-state index contributed by atoms with van der Waals surface area (Å²) in [6.07, 6.45) is 4.65. The van der Waals surface area contributed by atoms with Gasteiger partial charge in [0.05, 0.1) is 0 Å². The second-order valence-corrected chi connectivity index (χ2v) is 6.26. The largest absolute Gasteiger partial charge is 0.326 e. The highest BCUT2D eigenvalue weighted by molar-refractivity contribution is 9.10. The number of nitrogens with two attached hydrogens (primary N) is 1. The minimum absolute atomic E-state index is 0.104. The standard InChI is InChI=1S/C17H22BrN3/c1-3-16(19)17(14-6-8-15(18)9-7-14)21(2)12-13-5-4-10-20-11-13/h4-11,16-17H,3,12,19H2,1-2H3. The third-order valence-corrected chi connectivity index (χ3v) is 4.25. The zero-order valence-electron chi connectivity index (χ0n) is 12.5. The summed E-state index contributed by atoms with van der Waals surface area (Å²) in [6, 6.07) is 12.8. The maximum atomic E-state index is 6.37. The average Bonchev–Trinajstić information content (AvgIpc) is 2.50. The molecule has 0 spiro atoms. The molecule has 0 aliphatic carbocycles. The second kappa shape index (κ2) is 7.69. The number of hydrogen-bond donors (Lipinski definition) is 1. The molecule has 0 amide bonds. The molecule has 112 valence electrons. The van der Waals surface area contributed by atoms with E-state index in [-0.39, 0.29) is 12.1 Å². The first-order valence-corrected chi connectivity index (χ1v) is 8.01. The summed E-state index contributed by atoms with van der Waals surface area (Å²) in [4.78, 5) is 6.48. The summed E-state index contributed by atoms with van der Waals surface area (Å²) in [5, 5.41) is 0. The first-order valence-electron chi connectivity index (χ1n) is 7.22. The lowest BCUT2D eigenvalue weighted by Gasteiger charge is -2.33. The van der Waals surface area contributed by atoms with E-state index in [1.165, 1.54) is 11.1 Å². The van der Waals surface area contributed by atoms with Crippen molar-refractivity contribution in [3.05, 3.63) is 64.4 Å². The summed E-state index contributed by atoms with van der Waals surface area (Å²) in [5.74, 6) is 0. The van der Waals surface area contributed by atoms with Gasteiger partial charge in [0, 0.05) is 35.5 Å². The van der Waals surface area contributed by atoms with E-state index in [9.17, 15) is 0 Å². The zero-order chi connectivity index (χ0) is 15.2. The number of likely N-dealkylation sites (N-methyl/N-ethyl adjacent to an activating group) is 1. The van der Waals surface area contributed by atoms with E-state index < -0.39 is 0 Å². The van der Waals surface area contributed by atoms with Crippen LogP contribution < -0.4 is 5.73 Å². The predicted molar refractivity (Wildman–Crippen MR) is 90.9 cm³/mol. The molecule has 4 heteroatoms. The van der Waals surface area contributed by atoms with Gasteiger partial charge in [-0.2, -0.15) is 0 Å². The van der Waals surface area contributed by atoms with Crippen LogP contribution in [0.25, 0.3) is 0 Å². The molecular weight excluding hydrogens is 326 g/mol. The maximum absolute atomic E-state index is 6.37. The average molecular weight is 348 g/mol. The Bertz CT molecular complexity index is 542. The van der Waals surface area contributed by atoms with Crippen molar-refractivity contribution in [2.45, 2.75) is 32.0 Å². The summed E-state index contributed by atoms with van der Waals surface area (Å²) in [5.41, 5.74) is 8.82. The van der Waals surface area contributed by atoms with Crippen molar-refractivity contribution in [1.29, 1.82) is 0 Å². The Morgan fingerprint density at radius 2 is 1.95 bits per heavy atom. The molecule has 0 saturated carbocycles. The van der Waals surface area contributed by atoms with Crippen molar-refractivity contribution in [3.63, 3.8) is 0 Å². The summed E-state index contributed by atoms with van der Waals surface area (Å²) < 4.78 is 1.09. The quantitative estimate of drug-likeness (QED) is 0.864. The van der Waals surface area contributed by atoms with Crippen molar-refractivity contribution < 1.29 is 0 Å². The van der Waals surface area contributed by atoms with Crippen molar-refractivity contribution in [1.82, 2.24) is 9.88 Å². The van der Waals surface area contributed by atoms with Crippen LogP contribution in [0.3, 0.4) is 0 Å². The van der Waals surface area contributed by atoms with Crippen LogP contribution in [-0.2, 0) is 6.54 Å². The van der Waals surface area contributed by atoms with E-state index in [0.717, 1.165) is 17.4 Å². The molecule has 2 rings (SSSR count). The molecule has 0 saturated heterocycles. The number of aromatic nitrogens is 1. The Morgan fingerprint density at radius 3 is 2.52 bits per heavy atom. The molecular formula is C17H22BrN3. The van der Waals surface area contributed by atoms with Crippen LogP contribution in [0.2, 0.25) is 0 Å². The molecule has 2 unspecified atom stereocenters. The van der Waals surface area contributed by atoms with Crippen LogP contribution in [-0.4, -0.2) is 23.0 Å². The van der Waals surface area contributed by atoms with E-state index in [4.69, 9.17) is 5.73 Å². The maximum Gasteiger partial charge on any atom is 0.0499 e. The first-order chi connectivity index (χ1) is 10.1. The smallest absolute Gasteiger partial charge is 0.0499 e. The van der Waals surface area contributed by atoms with Gasteiger partial charge in [-0.1, -0.05) is 41.1 Å². The third-order valence-electron chi connectivity index (χ3n) is 3.72. The highest BCUT2D eigenvalue weighted by atomic mass is 79.9. The Labute approximate surface area is 135 Å². The Morgan fingerprint density at radius 1 is 1.24 bits per heavy atom. The molecule has 2 N–H and O–H groups in total. The highest BCUT2D eigenvalue weighted by Gasteiger charge is 2.23. The van der Waals surface area contributed by atoms with Crippen LogP contribution in [0.1, 0.15) is 30.5 Å². The summed E-state index contributed by atoms with van der Waals surface area (Å²) in [6.45, 7) is 2.97. The monoisotopic (exact) mass is 347 g/mol. The van der Waals surface area contributed by atoms with Crippen LogP contribution in [0, 0.1) is 0 Å². The van der Waals surface area contributed by atoms with E-state index in [2.05, 4.69) is 70.1 Å². The number of halogens is 1. The Hall–Kier alpha value is -1.23. The molecule has 0 radical (unpaired) electrons. The second-order valence-electron chi connectivity index (χ2n) is 5.34. The lowest BCUT2D eigenvalue weighted by atomic mass is 9.96. The molecule has 0 fully saturated rings. The lowest BCUT2D eigenvalue weighted by molar-refractivity contribution is 0.201. The van der Waals surface area contributed by atoms with Gasteiger partial charge >= 0.3 is 0 Å². The Balaban J connectivity index is 2.21. The van der Waals surface area contributed by atoms with Crippen molar-refractivity contribution >= 4 is 15.9 Å². The van der Waals surface area contributed by atoms with Gasteiger partial charge in [0.15, 0.2) is 0 Å². The van der Waals surface area contributed by atoms with Gasteiger partial charge in [-0.3, -0.25) is 9.88 Å². The number of hydrogen-bond acceptors (Lipinski definition) is 3. The van der Waals surface area contributed by atoms with Crippen molar-refractivity contribution in [2.75, 3.05) is 7.05 Å². The molecule has 2 atom stereocenters. The number of rotatable bonds is 6. The van der Waals surface area contributed by atoms with E-state index in [1.54, 1.807) is 6.20 Å². The van der Waals surface area contributed by atoms with E-state index in [1.807, 2.05) is 12.3 Å². The minimum atomic E-state index is 0.104. The molecule has 1 aromatic heterocycles. The molecule has 0 aliphatic heterocycles. The molecule has 1 aromatic carbocycles. The van der Waals surface area contributed by atoms with Gasteiger partial charge in [0.25, 0.3) is 0 Å². The molecule has 21 heavy (non-hydrogen) atoms. The van der Waals surface area contributed by atoms with E-state index in [0.29, 0.717) is 0 Å². The van der Waals surface area contributed by atoms with Crippen LogP contribution >= 0.6 is 15.9 Å². The molecule has 3 nitrogen and oxygen atoms in total. The van der Waals surface area contributed by atoms with Gasteiger partial charge in [-0.15, -0.1) is 0 Å². The van der Waals surface area contributed by atoms with Gasteiger partial charge < -0.3 is 5.73 Å². The van der Waals surface area contributed by atoms with Crippen molar-refractivity contribution in [3.8, 4) is 0 Å². The highest BCUT2D eigenvalue weighted by Crippen LogP contribution is 2.26. The van der Waals surface area contributed by atoms with E-state index >= 15 is 0 Å². The van der Waals surface area contributed by atoms with Crippen LogP contribution in [0.4, 0.5) is 0 Å². The summed E-state index contributed by atoms with van der Waals surface area (Å²) >= 11 is 3.49. The van der Waals surface area contributed by atoms with Crippen LogP contribution in [0.5, 0.6) is 0 Å². The summed E-state index contributed by atoms with van der Waals surface area (Å²) in [7, 11) is 2.12. The number of benzene rings is 1. The Kier molecular flexibility index (Phi) is 5.91. The van der Waals surface area contributed by atoms with Gasteiger partial charge in [0.1, 0.15) is 0 Å². The molecule has 0 aliphatic rings. The fourth-order valence-electron chi connectivity index (χ4n) is 2.59. The van der Waals surface area contributed by atoms with Crippen LogP contribution in [0.15, 0.2) is 53.3 Å². The topological polar surface area (TPSA) is 42.1 Å². The molecule has 1 heterocycles. The minimum Gasteiger partial charge on any atom is -0.326 e. The van der Waals surface area contributed by atoms with Gasteiger partial charge in [-0.25, -0.2) is 0 Å². The van der Waals surface area contributed by atoms with Crippen molar-refractivity contribution in [2.24, 2.45) is 5.73 Å². The predicted octanol–water partition coefficient (Wildman–Crippen LogP) is 3.75. The van der Waals surface area contributed by atoms with Gasteiger partial charge in [0.2, 0.25) is 0 Å². The normalized spacial score (nSPS) is 14.1. The number of nitrogens with zero attached hydrogens (tertiary/aromatic N) is 2. The molecule has 0 bridgehead atoms. The zero-order valence-corrected chi connectivity index (χ0v) is 14.1. The first kappa shape index (κ1) is 16.1. The third kappa shape index (κ3) is 4.37. The SMILES string of the molecule is CCC(N)C(c1ccc(Br)cc1)N(C)Cc1cccnc1. The fourth-order valence-corrected chi connectivity index (χ4v) is 2.85.